The lowest BCUT2D eigenvalue weighted by molar-refractivity contribution is 0.305. The van der Waals surface area contributed by atoms with E-state index >= 15 is 0 Å². The van der Waals surface area contributed by atoms with E-state index < -0.39 is 0 Å². The van der Waals surface area contributed by atoms with Crippen LogP contribution < -0.4 is 4.74 Å². The summed E-state index contributed by atoms with van der Waals surface area (Å²) in [5.41, 5.74) is 1.58. The molecular weight excluding hydrogens is 369 g/mol. The van der Waals surface area contributed by atoms with Gasteiger partial charge in [-0.25, -0.2) is 4.39 Å². The van der Waals surface area contributed by atoms with Crippen molar-refractivity contribution >= 4 is 12.4 Å². The summed E-state index contributed by atoms with van der Waals surface area (Å²) in [7, 11) is 1.63. The van der Waals surface area contributed by atoms with E-state index in [0.29, 0.717) is 18.3 Å². The molecule has 2 heterocycles. The zero-order valence-electron chi connectivity index (χ0n) is 15.0. The average molecular weight is 390 g/mol. The van der Waals surface area contributed by atoms with Crippen LogP contribution in [0, 0.1) is 5.82 Å². The van der Waals surface area contributed by atoms with Crippen molar-refractivity contribution in [3.63, 3.8) is 0 Å². The van der Waals surface area contributed by atoms with Crippen molar-refractivity contribution in [3.05, 3.63) is 65.8 Å². The predicted molar refractivity (Wildman–Crippen MR) is 103 cm³/mol. The standard InChI is InChI=1S/C20H20FN3O2.ClH/c1-25-17-7-4-6-14(11-17)19-22-20(26-23-19)16-9-10-24(13-16)12-15-5-2-3-8-18(15)21;/h2-8,11,16H,9-10,12-13H2,1H3;1H. The predicted octanol–water partition coefficient (Wildman–Crippen LogP) is 4.30. The van der Waals surface area contributed by atoms with Gasteiger partial charge in [0.25, 0.3) is 0 Å². The van der Waals surface area contributed by atoms with Crippen LogP contribution in [0.3, 0.4) is 0 Å². The number of likely N-dealkylation sites (tertiary alicyclic amines) is 1. The van der Waals surface area contributed by atoms with Gasteiger partial charge in [0.05, 0.1) is 13.0 Å². The smallest absolute Gasteiger partial charge is 0.231 e. The maximum Gasteiger partial charge on any atom is 0.231 e. The summed E-state index contributed by atoms with van der Waals surface area (Å²) < 4.78 is 24.6. The lowest BCUT2D eigenvalue weighted by Gasteiger charge is -2.15. The van der Waals surface area contributed by atoms with Crippen molar-refractivity contribution in [2.75, 3.05) is 20.2 Å². The largest absolute Gasteiger partial charge is 0.497 e. The van der Waals surface area contributed by atoms with Gasteiger partial charge in [-0.1, -0.05) is 35.5 Å². The number of ether oxygens (including phenoxy) is 1. The molecule has 7 heteroatoms. The molecule has 0 saturated carbocycles. The first-order chi connectivity index (χ1) is 12.7. The molecule has 1 fully saturated rings. The molecule has 0 radical (unpaired) electrons. The second kappa shape index (κ2) is 8.50. The van der Waals surface area contributed by atoms with Crippen LogP contribution >= 0.6 is 12.4 Å². The number of hydrogen-bond acceptors (Lipinski definition) is 5. The van der Waals surface area contributed by atoms with Crippen molar-refractivity contribution < 1.29 is 13.7 Å². The molecular formula is C20H21ClFN3O2. The second-order valence-corrected chi connectivity index (χ2v) is 6.50. The average Bonchev–Trinajstić information content (AvgIpc) is 3.33. The van der Waals surface area contributed by atoms with Crippen LogP contribution in [-0.4, -0.2) is 35.2 Å². The highest BCUT2D eigenvalue weighted by Gasteiger charge is 2.29. The summed E-state index contributed by atoms with van der Waals surface area (Å²) in [4.78, 5) is 6.78. The molecule has 1 unspecified atom stereocenters. The van der Waals surface area contributed by atoms with E-state index in [4.69, 9.17) is 9.26 Å². The number of nitrogens with zero attached hydrogens (tertiary/aromatic N) is 3. The SMILES string of the molecule is COc1cccc(-c2noc(C3CCN(Cc4ccccc4F)C3)n2)c1.Cl. The second-order valence-electron chi connectivity index (χ2n) is 6.50. The van der Waals surface area contributed by atoms with Crippen molar-refractivity contribution in [1.82, 2.24) is 15.0 Å². The molecule has 2 aromatic carbocycles. The molecule has 0 N–H and O–H groups in total. The Kier molecular flexibility index (Phi) is 6.08. The van der Waals surface area contributed by atoms with E-state index in [9.17, 15) is 4.39 Å². The summed E-state index contributed by atoms with van der Waals surface area (Å²) in [6.07, 6.45) is 0.925. The molecule has 1 aliphatic rings. The minimum absolute atomic E-state index is 0. The molecule has 1 atom stereocenters. The van der Waals surface area contributed by atoms with E-state index in [1.807, 2.05) is 36.4 Å². The van der Waals surface area contributed by atoms with Crippen molar-refractivity contribution in [1.29, 1.82) is 0 Å². The Hall–Kier alpha value is -2.44. The van der Waals surface area contributed by atoms with Crippen LogP contribution in [0.25, 0.3) is 11.4 Å². The molecule has 0 bridgehead atoms. The normalized spacial score (nSPS) is 16.9. The molecule has 27 heavy (non-hydrogen) atoms. The third kappa shape index (κ3) is 4.28. The summed E-state index contributed by atoms with van der Waals surface area (Å²) in [5, 5.41) is 4.11. The first-order valence-electron chi connectivity index (χ1n) is 8.66. The van der Waals surface area contributed by atoms with Gasteiger partial charge < -0.3 is 9.26 Å². The van der Waals surface area contributed by atoms with Gasteiger partial charge >= 0.3 is 0 Å². The van der Waals surface area contributed by atoms with E-state index in [1.165, 1.54) is 6.07 Å². The number of aromatic nitrogens is 2. The number of methoxy groups -OCH3 is 1. The quantitative estimate of drug-likeness (QED) is 0.651. The molecule has 1 aliphatic heterocycles. The first-order valence-corrected chi connectivity index (χ1v) is 8.66. The highest BCUT2D eigenvalue weighted by atomic mass is 35.5. The fraction of sp³-hybridized carbons (Fsp3) is 0.300. The van der Waals surface area contributed by atoms with Crippen LogP contribution in [0.2, 0.25) is 0 Å². The molecule has 0 amide bonds. The molecule has 0 aliphatic carbocycles. The Balaban J connectivity index is 0.00000210. The van der Waals surface area contributed by atoms with Crippen LogP contribution in [-0.2, 0) is 6.54 Å². The third-order valence-electron chi connectivity index (χ3n) is 4.74. The number of benzene rings is 2. The molecule has 142 valence electrons. The molecule has 5 nitrogen and oxygen atoms in total. The lowest BCUT2D eigenvalue weighted by Crippen LogP contribution is -2.20. The summed E-state index contributed by atoms with van der Waals surface area (Å²) in [5.74, 6) is 1.97. The zero-order chi connectivity index (χ0) is 17.9. The molecule has 3 aromatic rings. The van der Waals surface area contributed by atoms with Gasteiger partial charge in [-0.3, -0.25) is 4.90 Å². The molecule has 4 rings (SSSR count). The van der Waals surface area contributed by atoms with Crippen LogP contribution in [0.1, 0.15) is 23.8 Å². The lowest BCUT2D eigenvalue weighted by atomic mass is 10.1. The first kappa shape index (κ1) is 19.3. The molecule has 1 saturated heterocycles. The van der Waals surface area contributed by atoms with Crippen LogP contribution in [0.15, 0.2) is 53.1 Å². The minimum atomic E-state index is -0.158. The highest BCUT2D eigenvalue weighted by Crippen LogP contribution is 2.29. The van der Waals surface area contributed by atoms with Crippen LogP contribution in [0.5, 0.6) is 5.75 Å². The van der Waals surface area contributed by atoms with Gasteiger partial charge in [0, 0.05) is 24.2 Å². The number of rotatable bonds is 5. The van der Waals surface area contributed by atoms with Gasteiger partial charge in [-0.15, -0.1) is 12.4 Å². The Morgan fingerprint density at radius 1 is 1.22 bits per heavy atom. The Labute approximate surface area is 163 Å². The van der Waals surface area contributed by atoms with Gasteiger partial charge in [0.15, 0.2) is 0 Å². The van der Waals surface area contributed by atoms with E-state index in [-0.39, 0.29) is 24.1 Å². The Morgan fingerprint density at radius 3 is 2.89 bits per heavy atom. The van der Waals surface area contributed by atoms with Crippen molar-refractivity contribution in [2.45, 2.75) is 18.9 Å². The Bertz CT molecular complexity index is 902. The minimum Gasteiger partial charge on any atom is -0.497 e. The number of halogens is 2. The monoisotopic (exact) mass is 389 g/mol. The van der Waals surface area contributed by atoms with Crippen molar-refractivity contribution in [3.8, 4) is 17.1 Å². The third-order valence-corrected chi connectivity index (χ3v) is 4.74. The molecule has 0 spiro atoms. The maximum atomic E-state index is 13.8. The van der Waals surface area contributed by atoms with Gasteiger partial charge in [0.2, 0.25) is 11.7 Å². The van der Waals surface area contributed by atoms with Gasteiger partial charge in [-0.05, 0) is 31.2 Å². The topological polar surface area (TPSA) is 51.4 Å². The van der Waals surface area contributed by atoms with Crippen LogP contribution in [0.4, 0.5) is 4.39 Å². The van der Waals surface area contributed by atoms with E-state index in [2.05, 4.69) is 15.0 Å². The highest BCUT2D eigenvalue weighted by molar-refractivity contribution is 5.85. The maximum absolute atomic E-state index is 13.8. The van der Waals surface area contributed by atoms with E-state index in [0.717, 1.165) is 36.4 Å². The fourth-order valence-electron chi connectivity index (χ4n) is 3.33. The summed E-state index contributed by atoms with van der Waals surface area (Å²) in [6, 6.07) is 14.5. The van der Waals surface area contributed by atoms with E-state index in [1.54, 1.807) is 13.2 Å². The zero-order valence-corrected chi connectivity index (χ0v) is 15.8. The molecule has 1 aromatic heterocycles. The van der Waals surface area contributed by atoms with Crippen molar-refractivity contribution in [2.24, 2.45) is 0 Å². The Morgan fingerprint density at radius 2 is 2.07 bits per heavy atom. The fourth-order valence-corrected chi connectivity index (χ4v) is 3.33. The van der Waals surface area contributed by atoms with Gasteiger partial charge in [0.1, 0.15) is 11.6 Å². The summed E-state index contributed by atoms with van der Waals surface area (Å²) in [6.45, 7) is 2.27. The summed E-state index contributed by atoms with van der Waals surface area (Å²) >= 11 is 0. The number of hydrogen-bond donors (Lipinski definition) is 0. The van der Waals surface area contributed by atoms with Gasteiger partial charge in [-0.2, -0.15) is 4.98 Å².